The number of fused-ring (bicyclic) bond motifs is 1. The molecule has 0 N–H and O–H groups in total. The molecule has 0 fully saturated rings. The van der Waals surface area contributed by atoms with E-state index in [4.69, 9.17) is 0 Å². The molecular formula is C19H14N2O5S2. The van der Waals surface area contributed by atoms with Crippen molar-refractivity contribution >= 4 is 42.4 Å². The molecule has 0 spiro atoms. The number of carbonyl (C=O) groups excluding carboxylic acids is 1. The van der Waals surface area contributed by atoms with E-state index in [-0.39, 0.29) is 28.4 Å². The van der Waals surface area contributed by atoms with E-state index in [1.807, 2.05) is 12.1 Å². The molecule has 3 aromatic carbocycles. The highest BCUT2D eigenvalue weighted by Crippen LogP contribution is 2.42. The van der Waals surface area contributed by atoms with Gasteiger partial charge in [-0.1, -0.05) is 36.4 Å². The van der Waals surface area contributed by atoms with Gasteiger partial charge in [0.1, 0.15) is 4.90 Å². The number of amides is 1. The first-order valence-corrected chi connectivity index (χ1v) is 11.4. The summed E-state index contributed by atoms with van der Waals surface area (Å²) in [5.41, 5.74) is 0.604. The van der Waals surface area contributed by atoms with Gasteiger partial charge in [-0.15, -0.1) is 0 Å². The minimum absolute atomic E-state index is 0.0466. The monoisotopic (exact) mass is 414 g/mol. The lowest BCUT2D eigenvalue weighted by Crippen LogP contribution is -2.39. The summed E-state index contributed by atoms with van der Waals surface area (Å²) in [6, 6.07) is 16.3. The second-order valence-corrected chi connectivity index (χ2v) is 10.2. The first-order valence-electron chi connectivity index (χ1n) is 8.54. The van der Waals surface area contributed by atoms with Crippen LogP contribution in [0.25, 0.3) is 10.8 Å². The summed E-state index contributed by atoms with van der Waals surface area (Å²) >= 11 is 0. The molecule has 0 aliphatic carbocycles. The van der Waals surface area contributed by atoms with Crippen LogP contribution in [0.1, 0.15) is 10.4 Å². The van der Waals surface area contributed by atoms with E-state index in [0.29, 0.717) is 11.1 Å². The molecule has 2 heterocycles. The van der Waals surface area contributed by atoms with Crippen LogP contribution in [0.5, 0.6) is 0 Å². The summed E-state index contributed by atoms with van der Waals surface area (Å²) in [4.78, 5) is 12.7. The Bertz CT molecular complexity index is 1380. The molecule has 142 valence electrons. The van der Waals surface area contributed by atoms with Crippen LogP contribution in [0.4, 0.5) is 5.69 Å². The quantitative estimate of drug-likeness (QED) is 0.655. The number of carbonyl (C=O) groups is 1. The Morgan fingerprint density at radius 1 is 0.679 bits per heavy atom. The fourth-order valence-corrected chi connectivity index (χ4v) is 7.09. The summed E-state index contributed by atoms with van der Waals surface area (Å²) in [6.07, 6.45) is 0. The maximum absolute atomic E-state index is 13.0. The standard InChI is InChI=1S/C19H14N2O5S2/c22-19-14-7-1-2-9-16(14)27(23,24)21(19)12-11-20-15-8-3-5-13-6-4-10-17(18(13)15)28(20,25)26/h1-10H,11-12H2. The Balaban J connectivity index is 1.53. The molecule has 7 nitrogen and oxygen atoms in total. The van der Waals surface area contributed by atoms with Crippen molar-refractivity contribution in [2.45, 2.75) is 9.79 Å². The first kappa shape index (κ1) is 17.2. The van der Waals surface area contributed by atoms with Gasteiger partial charge in [0.05, 0.1) is 29.2 Å². The summed E-state index contributed by atoms with van der Waals surface area (Å²) < 4.78 is 53.3. The number of sulfonamides is 2. The molecule has 5 rings (SSSR count). The average molecular weight is 414 g/mol. The average Bonchev–Trinajstić information content (AvgIpc) is 3.02. The normalized spacial score (nSPS) is 18.6. The van der Waals surface area contributed by atoms with E-state index in [1.165, 1.54) is 22.5 Å². The third-order valence-corrected chi connectivity index (χ3v) is 8.80. The number of hydrogen-bond acceptors (Lipinski definition) is 5. The van der Waals surface area contributed by atoms with Gasteiger partial charge in [-0.05, 0) is 29.7 Å². The van der Waals surface area contributed by atoms with E-state index < -0.39 is 26.0 Å². The molecule has 0 aromatic heterocycles. The highest BCUT2D eigenvalue weighted by molar-refractivity contribution is 7.93. The predicted octanol–water partition coefficient (Wildman–Crippen LogP) is 2.19. The topological polar surface area (TPSA) is 91.8 Å². The number of anilines is 1. The van der Waals surface area contributed by atoms with E-state index in [2.05, 4.69) is 0 Å². The van der Waals surface area contributed by atoms with E-state index in [9.17, 15) is 21.6 Å². The number of nitrogens with zero attached hydrogens (tertiary/aromatic N) is 2. The Hall–Kier alpha value is -2.91. The summed E-state index contributed by atoms with van der Waals surface area (Å²) in [5, 5.41) is 1.40. The maximum Gasteiger partial charge on any atom is 0.269 e. The van der Waals surface area contributed by atoms with Gasteiger partial charge in [0.2, 0.25) is 0 Å². The molecular weight excluding hydrogens is 400 g/mol. The lowest BCUT2D eigenvalue weighted by Gasteiger charge is -2.22. The van der Waals surface area contributed by atoms with Gasteiger partial charge >= 0.3 is 0 Å². The maximum atomic E-state index is 13.0. The lowest BCUT2D eigenvalue weighted by molar-refractivity contribution is 0.0874. The van der Waals surface area contributed by atoms with Crippen LogP contribution in [0, 0.1) is 0 Å². The van der Waals surface area contributed by atoms with Crippen molar-refractivity contribution in [3.05, 3.63) is 66.2 Å². The Morgan fingerprint density at radius 3 is 2.04 bits per heavy atom. The molecule has 2 aliphatic rings. The van der Waals surface area contributed by atoms with E-state index in [0.717, 1.165) is 9.69 Å². The fraction of sp³-hybridized carbons (Fsp3) is 0.105. The van der Waals surface area contributed by atoms with Crippen molar-refractivity contribution < 1.29 is 21.6 Å². The van der Waals surface area contributed by atoms with Crippen molar-refractivity contribution in [2.24, 2.45) is 0 Å². The molecule has 0 saturated carbocycles. The van der Waals surface area contributed by atoms with Crippen LogP contribution < -0.4 is 4.31 Å². The molecule has 0 radical (unpaired) electrons. The second kappa shape index (κ2) is 5.55. The van der Waals surface area contributed by atoms with Gasteiger partial charge in [0, 0.05) is 5.39 Å². The van der Waals surface area contributed by atoms with Gasteiger partial charge in [-0.2, -0.15) is 0 Å². The number of rotatable bonds is 3. The molecule has 3 aromatic rings. The third-order valence-electron chi connectivity index (χ3n) is 5.10. The van der Waals surface area contributed by atoms with Gasteiger partial charge in [-0.25, -0.2) is 21.1 Å². The molecule has 0 bridgehead atoms. The highest BCUT2D eigenvalue weighted by Gasteiger charge is 2.42. The van der Waals surface area contributed by atoms with Gasteiger partial charge < -0.3 is 0 Å². The summed E-state index contributed by atoms with van der Waals surface area (Å²) in [7, 11) is -7.79. The SMILES string of the molecule is O=C1c2ccccc2S(=O)(=O)N1CCN1c2cccc3cccc(c23)S1(=O)=O. The minimum Gasteiger partial charge on any atom is -0.268 e. The molecule has 9 heteroatoms. The zero-order chi connectivity index (χ0) is 19.7. The Kier molecular flexibility index (Phi) is 3.41. The van der Waals surface area contributed by atoms with Crippen molar-refractivity contribution in [3.63, 3.8) is 0 Å². The van der Waals surface area contributed by atoms with Gasteiger partial charge in [0.25, 0.3) is 26.0 Å². The van der Waals surface area contributed by atoms with Crippen molar-refractivity contribution in [2.75, 3.05) is 17.4 Å². The van der Waals surface area contributed by atoms with Crippen LogP contribution in [0.2, 0.25) is 0 Å². The van der Waals surface area contributed by atoms with Crippen LogP contribution in [-0.2, 0) is 20.0 Å². The van der Waals surface area contributed by atoms with Gasteiger partial charge in [-0.3, -0.25) is 9.10 Å². The molecule has 0 atom stereocenters. The van der Waals surface area contributed by atoms with Crippen LogP contribution in [0.3, 0.4) is 0 Å². The summed E-state index contributed by atoms with van der Waals surface area (Å²) in [5.74, 6) is -0.636. The van der Waals surface area contributed by atoms with Crippen molar-refractivity contribution in [1.82, 2.24) is 4.31 Å². The van der Waals surface area contributed by atoms with Crippen molar-refractivity contribution in [3.8, 4) is 0 Å². The van der Waals surface area contributed by atoms with Gasteiger partial charge in [0.15, 0.2) is 0 Å². The molecule has 1 amide bonds. The predicted molar refractivity (Wildman–Crippen MR) is 103 cm³/mol. The minimum atomic E-state index is -3.98. The zero-order valence-electron chi connectivity index (χ0n) is 14.4. The molecule has 2 aliphatic heterocycles. The summed E-state index contributed by atoms with van der Waals surface area (Å²) in [6.45, 7) is -0.422. The highest BCUT2D eigenvalue weighted by atomic mass is 32.2. The number of benzene rings is 3. The van der Waals surface area contributed by atoms with Crippen LogP contribution in [-0.4, -0.2) is 40.1 Å². The zero-order valence-corrected chi connectivity index (χ0v) is 16.1. The van der Waals surface area contributed by atoms with E-state index >= 15 is 0 Å². The molecule has 0 unspecified atom stereocenters. The molecule has 0 saturated heterocycles. The van der Waals surface area contributed by atoms with E-state index in [1.54, 1.807) is 30.3 Å². The van der Waals surface area contributed by atoms with Crippen LogP contribution >= 0.6 is 0 Å². The van der Waals surface area contributed by atoms with Crippen LogP contribution in [0.15, 0.2) is 70.5 Å². The largest absolute Gasteiger partial charge is 0.269 e. The Labute approximate surface area is 161 Å². The molecule has 28 heavy (non-hydrogen) atoms. The number of hydrogen-bond donors (Lipinski definition) is 0. The van der Waals surface area contributed by atoms with Crippen molar-refractivity contribution in [1.29, 1.82) is 0 Å². The smallest absolute Gasteiger partial charge is 0.268 e. The fourth-order valence-electron chi connectivity index (χ4n) is 3.83. The lowest BCUT2D eigenvalue weighted by atomic mass is 10.1. The second-order valence-electron chi connectivity index (χ2n) is 6.59. The first-order chi connectivity index (χ1) is 13.3. The third kappa shape index (κ3) is 2.11. The Morgan fingerprint density at radius 2 is 1.29 bits per heavy atom.